The first-order chi connectivity index (χ1) is 16.2. The number of rotatable bonds is 10. The Morgan fingerprint density at radius 2 is 1.74 bits per heavy atom. The number of hydrogen-bond acceptors (Lipinski definition) is 5. The van der Waals surface area contributed by atoms with Gasteiger partial charge in [0, 0.05) is 22.6 Å². The smallest absolute Gasteiger partial charge is 0.244 e. The summed E-state index contributed by atoms with van der Waals surface area (Å²) in [5, 5.41) is 3.54. The first-order valence-corrected chi connectivity index (χ1v) is 13.5. The van der Waals surface area contributed by atoms with Crippen LogP contribution in [0.3, 0.4) is 0 Å². The second kappa shape index (κ2) is 12.0. The van der Waals surface area contributed by atoms with Crippen LogP contribution >= 0.6 is 23.2 Å². The SMILES string of the molecule is COc1ccc(C)cc1N(CC(=O)N(Cc1ccc(Cl)cc1Cl)[C@H](C)C(=O)NC(C)C)S(C)(=O)=O. The number of benzene rings is 2. The predicted molar refractivity (Wildman–Crippen MR) is 140 cm³/mol. The molecule has 2 rings (SSSR count). The van der Waals surface area contributed by atoms with Gasteiger partial charge in [-0.3, -0.25) is 13.9 Å². The van der Waals surface area contributed by atoms with E-state index in [9.17, 15) is 18.0 Å². The van der Waals surface area contributed by atoms with Crippen molar-refractivity contribution < 1.29 is 22.7 Å². The number of amides is 2. The van der Waals surface area contributed by atoms with Crippen LogP contribution in [-0.4, -0.2) is 57.1 Å². The number of anilines is 1. The summed E-state index contributed by atoms with van der Waals surface area (Å²) in [6.07, 6.45) is 1.01. The molecule has 0 radical (unpaired) electrons. The number of sulfonamides is 1. The van der Waals surface area contributed by atoms with Crippen LogP contribution in [0.2, 0.25) is 10.0 Å². The number of hydrogen-bond donors (Lipinski definition) is 1. The second-order valence-electron chi connectivity index (χ2n) is 8.54. The quantitative estimate of drug-likeness (QED) is 0.488. The number of ether oxygens (including phenoxy) is 1. The van der Waals surface area contributed by atoms with Crippen LogP contribution in [0.15, 0.2) is 36.4 Å². The fourth-order valence-corrected chi connectivity index (χ4v) is 4.72. The number of halogens is 2. The van der Waals surface area contributed by atoms with Crippen LogP contribution in [0.1, 0.15) is 31.9 Å². The molecule has 1 atom stereocenters. The number of aryl methyl sites for hydroxylation is 1. The number of carbonyl (C=O) groups is 2. The van der Waals surface area contributed by atoms with E-state index in [2.05, 4.69) is 5.32 Å². The van der Waals surface area contributed by atoms with Crippen molar-refractivity contribution in [1.29, 1.82) is 0 Å². The Kier molecular flexibility index (Phi) is 9.83. The van der Waals surface area contributed by atoms with E-state index in [4.69, 9.17) is 27.9 Å². The normalized spacial score (nSPS) is 12.3. The third kappa shape index (κ3) is 7.75. The zero-order chi connectivity index (χ0) is 26.5. The Balaban J connectivity index is 2.50. The summed E-state index contributed by atoms with van der Waals surface area (Å²) in [6.45, 7) is 6.44. The molecule has 1 N–H and O–H groups in total. The maximum Gasteiger partial charge on any atom is 0.244 e. The van der Waals surface area contributed by atoms with Gasteiger partial charge in [0.05, 0.1) is 19.1 Å². The Morgan fingerprint density at radius 3 is 2.29 bits per heavy atom. The summed E-state index contributed by atoms with van der Waals surface area (Å²) >= 11 is 12.3. The van der Waals surface area contributed by atoms with Crippen molar-refractivity contribution in [1.82, 2.24) is 10.2 Å². The van der Waals surface area contributed by atoms with E-state index in [1.807, 2.05) is 13.8 Å². The average molecular weight is 545 g/mol. The second-order valence-corrected chi connectivity index (χ2v) is 11.3. The van der Waals surface area contributed by atoms with E-state index in [0.29, 0.717) is 21.4 Å². The summed E-state index contributed by atoms with van der Waals surface area (Å²) in [7, 11) is -2.47. The maximum absolute atomic E-state index is 13.6. The molecule has 2 aromatic rings. The third-order valence-corrected chi connectivity index (χ3v) is 6.95. The Labute approximate surface area is 217 Å². The standard InChI is InChI=1S/C24H31Cl2N3O5S/c1-15(2)27-24(31)17(4)28(13-18-8-9-19(25)12-20(18)26)23(30)14-29(35(6,32)33)21-11-16(3)7-10-22(21)34-5/h7-12,15,17H,13-14H2,1-6H3,(H,27,31)/t17-/m1/s1. The van der Waals surface area contributed by atoms with Crippen LogP contribution < -0.4 is 14.4 Å². The van der Waals surface area contributed by atoms with E-state index in [0.717, 1.165) is 16.1 Å². The fourth-order valence-electron chi connectivity index (χ4n) is 3.41. The minimum absolute atomic E-state index is 0.0237. The molecule has 0 saturated carbocycles. The lowest BCUT2D eigenvalue weighted by molar-refractivity contribution is -0.139. The first-order valence-electron chi connectivity index (χ1n) is 10.9. The molecule has 11 heteroatoms. The number of nitrogens with one attached hydrogen (secondary N) is 1. The molecular formula is C24H31Cl2N3O5S. The van der Waals surface area contributed by atoms with Crippen LogP contribution in [-0.2, 0) is 26.2 Å². The van der Waals surface area contributed by atoms with Crippen molar-refractivity contribution in [3.05, 3.63) is 57.6 Å². The van der Waals surface area contributed by atoms with Crippen molar-refractivity contribution in [2.24, 2.45) is 0 Å². The largest absolute Gasteiger partial charge is 0.495 e. The van der Waals surface area contributed by atoms with Crippen LogP contribution in [0.25, 0.3) is 0 Å². The molecule has 192 valence electrons. The highest BCUT2D eigenvalue weighted by atomic mass is 35.5. The van der Waals surface area contributed by atoms with Crippen molar-refractivity contribution in [3.63, 3.8) is 0 Å². The molecule has 0 bridgehead atoms. The zero-order valence-electron chi connectivity index (χ0n) is 20.6. The number of carbonyl (C=O) groups excluding carboxylic acids is 2. The molecule has 2 aromatic carbocycles. The van der Waals surface area contributed by atoms with Crippen LogP contribution in [0, 0.1) is 6.92 Å². The predicted octanol–water partition coefficient (Wildman–Crippen LogP) is 4.02. The van der Waals surface area contributed by atoms with Gasteiger partial charge in [-0.1, -0.05) is 35.3 Å². The van der Waals surface area contributed by atoms with Gasteiger partial charge in [-0.05, 0) is 63.1 Å². The van der Waals surface area contributed by atoms with Gasteiger partial charge in [0.25, 0.3) is 0 Å². The number of nitrogens with zero attached hydrogens (tertiary/aromatic N) is 2. The van der Waals surface area contributed by atoms with Gasteiger partial charge >= 0.3 is 0 Å². The average Bonchev–Trinajstić information content (AvgIpc) is 2.75. The lowest BCUT2D eigenvalue weighted by atomic mass is 10.1. The van der Waals surface area contributed by atoms with Gasteiger partial charge in [0.1, 0.15) is 18.3 Å². The van der Waals surface area contributed by atoms with E-state index >= 15 is 0 Å². The van der Waals surface area contributed by atoms with E-state index in [1.165, 1.54) is 12.0 Å². The molecule has 0 aliphatic rings. The van der Waals surface area contributed by atoms with Gasteiger partial charge in [-0.25, -0.2) is 8.42 Å². The van der Waals surface area contributed by atoms with Gasteiger partial charge in [0.15, 0.2) is 0 Å². The highest BCUT2D eigenvalue weighted by Crippen LogP contribution is 2.31. The molecule has 0 aromatic heterocycles. The van der Waals surface area contributed by atoms with Crippen molar-refractivity contribution >= 4 is 50.7 Å². The molecule has 0 aliphatic heterocycles. The van der Waals surface area contributed by atoms with Crippen LogP contribution in [0.4, 0.5) is 5.69 Å². The van der Waals surface area contributed by atoms with Gasteiger partial charge in [-0.2, -0.15) is 0 Å². The molecule has 0 saturated heterocycles. The highest BCUT2D eigenvalue weighted by Gasteiger charge is 2.31. The molecule has 35 heavy (non-hydrogen) atoms. The van der Waals surface area contributed by atoms with Gasteiger partial charge in [-0.15, -0.1) is 0 Å². The first kappa shape index (κ1) is 28.7. The van der Waals surface area contributed by atoms with E-state index in [-0.39, 0.29) is 24.2 Å². The molecule has 8 nitrogen and oxygen atoms in total. The lowest BCUT2D eigenvalue weighted by Crippen LogP contribution is -2.52. The third-order valence-electron chi connectivity index (χ3n) is 5.24. The fraction of sp³-hybridized carbons (Fsp3) is 0.417. The Bertz CT molecular complexity index is 1190. The van der Waals surface area contributed by atoms with E-state index in [1.54, 1.807) is 50.2 Å². The van der Waals surface area contributed by atoms with Crippen LogP contribution in [0.5, 0.6) is 5.75 Å². The maximum atomic E-state index is 13.6. The van der Waals surface area contributed by atoms with Crippen molar-refractivity contribution in [3.8, 4) is 5.75 Å². The molecule has 0 fully saturated rings. The molecule has 0 unspecified atom stereocenters. The molecule has 2 amide bonds. The molecule has 0 aliphatic carbocycles. The lowest BCUT2D eigenvalue weighted by Gasteiger charge is -2.32. The summed E-state index contributed by atoms with van der Waals surface area (Å²) in [6, 6.07) is 8.82. The Hall–Kier alpha value is -2.49. The molecular weight excluding hydrogens is 513 g/mol. The highest BCUT2D eigenvalue weighted by molar-refractivity contribution is 7.92. The monoisotopic (exact) mass is 543 g/mol. The summed E-state index contributed by atoms with van der Waals surface area (Å²) in [4.78, 5) is 27.7. The van der Waals surface area contributed by atoms with Crippen molar-refractivity contribution in [2.75, 3.05) is 24.2 Å². The van der Waals surface area contributed by atoms with E-state index < -0.39 is 28.5 Å². The van der Waals surface area contributed by atoms with Gasteiger partial charge < -0.3 is 15.0 Å². The Morgan fingerprint density at radius 1 is 1.09 bits per heavy atom. The summed E-state index contributed by atoms with van der Waals surface area (Å²) in [5.74, 6) is -0.666. The molecule has 0 spiro atoms. The summed E-state index contributed by atoms with van der Waals surface area (Å²) < 4.78 is 31.8. The van der Waals surface area contributed by atoms with Crippen molar-refractivity contribution in [2.45, 2.75) is 46.3 Å². The minimum Gasteiger partial charge on any atom is -0.495 e. The zero-order valence-corrected chi connectivity index (χ0v) is 23.0. The number of methoxy groups -OCH3 is 1. The van der Waals surface area contributed by atoms with Gasteiger partial charge in [0.2, 0.25) is 21.8 Å². The summed E-state index contributed by atoms with van der Waals surface area (Å²) in [5.41, 5.74) is 1.58. The molecule has 0 heterocycles. The topological polar surface area (TPSA) is 96.0 Å². The minimum atomic E-state index is -3.89.